The fraction of sp³-hybridized carbons (Fsp3) is 0.381. The fourth-order valence-corrected chi connectivity index (χ4v) is 5.04. The molecule has 2 aliphatic heterocycles. The highest BCUT2D eigenvalue weighted by atomic mass is 35.5. The third-order valence-corrected chi connectivity index (χ3v) is 7.03. The second-order valence-corrected chi connectivity index (χ2v) is 8.82. The molecule has 8 heteroatoms. The van der Waals surface area contributed by atoms with E-state index in [-0.39, 0.29) is 17.5 Å². The van der Waals surface area contributed by atoms with Crippen molar-refractivity contribution in [3.8, 4) is 11.5 Å². The molecule has 0 radical (unpaired) electrons. The first-order chi connectivity index (χ1) is 14.0. The number of halogens is 2. The number of morpholine rings is 1. The van der Waals surface area contributed by atoms with Crippen molar-refractivity contribution in [1.29, 1.82) is 0 Å². The van der Waals surface area contributed by atoms with E-state index in [4.69, 9.17) is 32.7 Å². The van der Waals surface area contributed by atoms with Crippen molar-refractivity contribution < 1.29 is 14.3 Å². The van der Waals surface area contributed by atoms with Gasteiger partial charge in [0.15, 0.2) is 0 Å². The fourth-order valence-electron chi connectivity index (χ4n) is 3.55. The van der Waals surface area contributed by atoms with Crippen LogP contribution in [-0.4, -0.2) is 53.9 Å². The Morgan fingerprint density at radius 1 is 1.17 bits per heavy atom. The van der Waals surface area contributed by atoms with E-state index in [2.05, 4.69) is 11.8 Å². The zero-order chi connectivity index (χ0) is 20.4. The summed E-state index contributed by atoms with van der Waals surface area (Å²) in [6.45, 7) is 5.36. The molecule has 2 aromatic carbocycles. The third-order valence-electron chi connectivity index (χ3n) is 5.06. The number of nitrogens with zero attached hydrogens (tertiary/aromatic N) is 2. The number of likely N-dealkylation sites (N-methyl/N-ethyl adjacent to an activating group) is 1. The van der Waals surface area contributed by atoms with E-state index in [1.165, 1.54) is 0 Å². The van der Waals surface area contributed by atoms with Crippen LogP contribution in [0.1, 0.15) is 17.9 Å². The van der Waals surface area contributed by atoms with Crippen LogP contribution in [0.25, 0.3) is 0 Å². The molecule has 29 heavy (non-hydrogen) atoms. The van der Waals surface area contributed by atoms with Gasteiger partial charge in [-0.05, 0) is 36.4 Å². The highest BCUT2D eigenvalue weighted by Gasteiger charge is 2.40. The number of ether oxygens (including phenoxy) is 2. The number of benzene rings is 2. The number of carbonyl (C=O) groups excluding carboxylic acids is 1. The smallest absolute Gasteiger partial charge is 0.235 e. The first-order valence-electron chi connectivity index (χ1n) is 9.54. The Morgan fingerprint density at radius 2 is 2.00 bits per heavy atom. The van der Waals surface area contributed by atoms with Gasteiger partial charge in [0.2, 0.25) is 5.91 Å². The number of hydrogen-bond donors (Lipinski definition) is 0. The Balaban J connectivity index is 1.54. The van der Waals surface area contributed by atoms with Gasteiger partial charge in [-0.2, -0.15) is 0 Å². The molecule has 0 saturated carbocycles. The third kappa shape index (κ3) is 4.67. The van der Waals surface area contributed by atoms with E-state index in [0.717, 1.165) is 25.2 Å². The average Bonchev–Trinajstić information content (AvgIpc) is 3.12. The lowest BCUT2D eigenvalue weighted by molar-refractivity contribution is -0.153. The van der Waals surface area contributed by atoms with E-state index in [1.54, 1.807) is 30.0 Å². The molecule has 2 heterocycles. The molecule has 2 atom stereocenters. The molecular formula is C21H22Cl2N2O3S. The topological polar surface area (TPSA) is 42.0 Å². The Kier molecular flexibility index (Phi) is 6.56. The lowest BCUT2D eigenvalue weighted by atomic mass is 10.2. The van der Waals surface area contributed by atoms with Crippen LogP contribution in [-0.2, 0) is 9.53 Å². The predicted molar refractivity (Wildman–Crippen MR) is 117 cm³/mol. The predicted octanol–water partition coefficient (Wildman–Crippen LogP) is 5.04. The van der Waals surface area contributed by atoms with E-state index in [1.807, 2.05) is 29.2 Å². The molecule has 154 valence electrons. The van der Waals surface area contributed by atoms with Crippen molar-refractivity contribution in [2.24, 2.45) is 0 Å². The lowest BCUT2D eigenvalue weighted by Crippen LogP contribution is -2.52. The summed E-state index contributed by atoms with van der Waals surface area (Å²) < 4.78 is 11.9. The molecule has 0 aromatic heterocycles. The minimum atomic E-state index is -0.226. The molecule has 2 aliphatic rings. The SMILES string of the molecule is CCN1CCOC(N2C(=O)CSC2c2cccc(Oc3ccc(Cl)c(Cl)c3)c2)C1. The van der Waals surface area contributed by atoms with Crippen LogP contribution in [0, 0.1) is 0 Å². The van der Waals surface area contributed by atoms with Crippen molar-refractivity contribution in [2.75, 3.05) is 32.0 Å². The molecule has 2 aromatic rings. The van der Waals surface area contributed by atoms with Crippen molar-refractivity contribution >= 4 is 40.9 Å². The van der Waals surface area contributed by atoms with E-state index in [9.17, 15) is 4.79 Å². The maximum Gasteiger partial charge on any atom is 0.235 e. The van der Waals surface area contributed by atoms with E-state index < -0.39 is 0 Å². The Labute approximate surface area is 184 Å². The molecular weight excluding hydrogens is 431 g/mol. The summed E-state index contributed by atoms with van der Waals surface area (Å²) in [5.41, 5.74) is 1.01. The van der Waals surface area contributed by atoms with E-state index >= 15 is 0 Å². The summed E-state index contributed by atoms with van der Waals surface area (Å²) in [7, 11) is 0. The van der Waals surface area contributed by atoms with Crippen LogP contribution in [0.2, 0.25) is 10.0 Å². The summed E-state index contributed by atoms with van der Waals surface area (Å²) in [5.74, 6) is 1.85. The van der Waals surface area contributed by atoms with Crippen molar-refractivity contribution in [3.05, 3.63) is 58.1 Å². The van der Waals surface area contributed by atoms with Crippen LogP contribution in [0.15, 0.2) is 42.5 Å². The molecule has 2 saturated heterocycles. The quantitative estimate of drug-likeness (QED) is 0.635. The first kappa shape index (κ1) is 20.8. The minimum absolute atomic E-state index is 0.0957. The van der Waals surface area contributed by atoms with Gasteiger partial charge in [0, 0.05) is 19.2 Å². The van der Waals surface area contributed by atoms with Gasteiger partial charge in [-0.3, -0.25) is 14.6 Å². The van der Waals surface area contributed by atoms with Crippen LogP contribution in [0.5, 0.6) is 11.5 Å². The number of rotatable bonds is 5. The summed E-state index contributed by atoms with van der Waals surface area (Å²) >= 11 is 13.7. The van der Waals surface area contributed by atoms with Gasteiger partial charge in [-0.1, -0.05) is 42.3 Å². The Bertz CT molecular complexity index is 898. The van der Waals surface area contributed by atoms with Gasteiger partial charge in [-0.25, -0.2) is 0 Å². The summed E-state index contributed by atoms with van der Waals surface area (Å²) in [5, 5.41) is 0.831. The van der Waals surface area contributed by atoms with Gasteiger partial charge < -0.3 is 9.47 Å². The van der Waals surface area contributed by atoms with Crippen molar-refractivity contribution in [2.45, 2.75) is 18.5 Å². The molecule has 4 rings (SSSR count). The maximum absolute atomic E-state index is 12.6. The molecule has 0 spiro atoms. The first-order valence-corrected chi connectivity index (χ1v) is 11.3. The lowest BCUT2D eigenvalue weighted by Gasteiger charge is -2.39. The standard InChI is InChI=1S/C21H22Cl2N2O3S/c1-2-24-8-9-27-20(12-24)25-19(26)13-29-21(25)14-4-3-5-15(10-14)28-16-6-7-17(22)18(23)11-16/h3-7,10-11,20-21H,2,8-9,12-13H2,1H3. The second-order valence-electron chi connectivity index (χ2n) is 6.93. The van der Waals surface area contributed by atoms with Gasteiger partial charge in [-0.15, -0.1) is 11.8 Å². The van der Waals surface area contributed by atoms with Crippen LogP contribution < -0.4 is 4.74 Å². The van der Waals surface area contributed by atoms with Crippen molar-refractivity contribution in [1.82, 2.24) is 9.80 Å². The van der Waals surface area contributed by atoms with Gasteiger partial charge in [0.05, 0.1) is 22.4 Å². The molecule has 0 bridgehead atoms. The zero-order valence-electron chi connectivity index (χ0n) is 16.0. The molecule has 5 nitrogen and oxygen atoms in total. The van der Waals surface area contributed by atoms with Crippen LogP contribution >= 0.6 is 35.0 Å². The molecule has 0 aliphatic carbocycles. The second kappa shape index (κ2) is 9.14. The maximum atomic E-state index is 12.6. The van der Waals surface area contributed by atoms with Gasteiger partial charge >= 0.3 is 0 Å². The number of amides is 1. The van der Waals surface area contributed by atoms with Gasteiger partial charge in [0.1, 0.15) is 23.1 Å². The van der Waals surface area contributed by atoms with Crippen molar-refractivity contribution in [3.63, 3.8) is 0 Å². The molecule has 2 unspecified atom stereocenters. The molecule has 2 fully saturated rings. The normalized spacial score (nSPS) is 22.9. The highest BCUT2D eigenvalue weighted by Crippen LogP contribution is 2.42. The zero-order valence-corrected chi connectivity index (χ0v) is 18.3. The number of thioether (sulfide) groups is 1. The molecule has 1 amide bonds. The summed E-state index contributed by atoms with van der Waals surface area (Å²) in [4.78, 5) is 16.8. The average molecular weight is 453 g/mol. The summed E-state index contributed by atoms with van der Waals surface area (Å²) in [6, 6.07) is 13.0. The van der Waals surface area contributed by atoms with E-state index in [0.29, 0.717) is 33.9 Å². The Hall–Kier alpha value is -1.44. The molecule has 0 N–H and O–H groups in total. The van der Waals surface area contributed by atoms with Crippen LogP contribution in [0.4, 0.5) is 0 Å². The minimum Gasteiger partial charge on any atom is -0.457 e. The largest absolute Gasteiger partial charge is 0.457 e. The summed E-state index contributed by atoms with van der Waals surface area (Å²) in [6.07, 6.45) is -0.226. The Morgan fingerprint density at radius 3 is 2.79 bits per heavy atom. The van der Waals surface area contributed by atoms with Crippen LogP contribution in [0.3, 0.4) is 0 Å². The number of hydrogen-bond acceptors (Lipinski definition) is 5. The van der Waals surface area contributed by atoms with Gasteiger partial charge in [0.25, 0.3) is 0 Å². The number of carbonyl (C=O) groups is 1. The monoisotopic (exact) mass is 452 g/mol. The highest BCUT2D eigenvalue weighted by molar-refractivity contribution is 8.00.